The summed E-state index contributed by atoms with van der Waals surface area (Å²) in [5, 5.41) is 5.73. The van der Waals surface area contributed by atoms with E-state index in [1.165, 1.54) is 67.5 Å². The molecule has 3 fully saturated rings. The zero-order valence-corrected chi connectivity index (χ0v) is 22.1. The summed E-state index contributed by atoms with van der Waals surface area (Å²) < 4.78 is 3.72. The molecule has 3 aliphatic rings. The van der Waals surface area contributed by atoms with Gasteiger partial charge >= 0.3 is 0 Å². The minimum absolute atomic E-state index is 0.0537. The second kappa shape index (κ2) is 8.31. The Labute approximate surface area is 209 Å². The number of halogens is 1. The van der Waals surface area contributed by atoms with Crippen LogP contribution in [0.3, 0.4) is 0 Å². The van der Waals surface area contributed by atoms with Crippen molar-refractivity contribution in [2.45, 2.75) is 67.6 Å². The maximum Gasteiger partial charge on any atom is 0.275 e. The summed E-state index contributed by atoms with van der Waals surface area (Å²) in [6, 6.07) is 9.55. The van der Waals surface area contributed by atoms with Gasteiger partial charge in [0.2, 0.25) is 0 Å². The molecule has 3 aromatic rings. The Morgan fingerprint density at radius 3 is 2.53 bits per heavy atom. The number of pyridine rings is 1. The van der Waals surface area contributed by atoms with E-state index < -0.39 is 0 Å². The highest BCUT2D eigenvalue weighted by Gasteiger charge is 2.44. The van der Waals surface area contributed by atoms with Gasteiger partial charge in [0.05, 0.1) is 0 Å². The maximum absolute atomic E-state index is 12.9. The summed E-state index contributed by atoms with van der Waals surface area (Å²) in [4.78, 5) is 14.3. The Kier molecular flexibility index (Phi) is 5.57. The highest BCUT2D eigenvalue weighted by molar-refractivity contribution is 14.2. The van der Waals surface area contributed by atoms with Crippen LogP contribution >= 0.6 is 42.1 Å². The predicted octanol–water partition coefficient (Wildman–Crippen LogP) is 7.24. The lowest BCUT2D eigenvalue weighted by atomic mass is 9.83. The number of nitrogens with one attached hydrogen (secondary N) is 1. The van der Waals surface area contributed by atoms with Crippen molar-refractivity contribution >= 4 is 58.7 Å². The van der Waals surface area contributed by atoms with Crippen molar-refractivity contribution < 1.29 is 0 Å². The van der Waals surface area contributed by atoms with Crippen molar-refractivity contribution in [1.29, 1.82) is 0 Å². The number of fused-ring (bicyclic) bond motifs is 1. The lowest BCUT2D eigenvalue weighted by molar-refractivity contribution is 0.317. The van der Waals surface area contributed by atoms with Gasteiger partial charge in [0.15, 0.2) is 0 Å². The second-order valence-corrected chi connectivity index (χ2v) is 13.0. The summed E-state index contributed by atoms with van der Waals surface area (Å²) >= 11 is 4.24. The van der Waals surface area contributed by atoms with Crippen LogP contribution in [-0.2, 0) is 7.05 Å². The molecule has 7 heteroatoms. The molecule has 3 aliphatic carbocycles. The van der Waals surface area contributed by atoms with Crippen LogP contribution in [-0.4, -0.2) is 19.8 Å². The van der Waals surface area contributed by atoms with Gasteiger partial charge in [0, 0.05) is 88.2 Å². The number of hydrogen-bond donors (Lipinski definition) is 1. The van der Waals surface area contributed by atoms with Gasteiger partial charge in [0.1, 0.15) is 5.52 Å². The van der Waals surface area contributed by atoms with Gasteiger partial charge in [-0.15, -0.1) is 11.8 Å². The largest absolute Gasteiger partial charge is 0.382 e. The van der Waals surface area contributed by atoms with E-state index in [4.69, 9.17) is 0 Å². The summed E-state index contributed by atoms with van der Waals surface area (Å²) in [6.07, 6.45) is 14.8. The minimum Gasteiger partial charge on any atom is -0.382 e. The molecule has 3 saturated carbocycles. The molecule has 32 heavy (non-hydrogen) atoms. The molecular weight excluding hydrogens is 549 g/mol. The molecule has 0 saturated heterocycles. The quantitative estimate of drug-likeness (QED) is 0.314. The van der Waals surface area contributed by atoms with Crippen molar-refractivity contribution in [3.63, 3.8) is 0 Å². The molecule has 0 aliphatic heterocycles. The van der Waals surface area contributed by atoms with Crippen molar-refractivity contribution in [2.24, 2.45) is 12.5 Å². The molecular formula is C25H28IN3OS2. The smallest absolute Gasteiger partial charge is 0.275 e. The Balaban J connectivity index is 1.43. The molecule has 0 bridgehead atoms. The van der Waals surface area contributed by atoms with E-state index in [2.05, 4.69) is 50.8 Å². The summed E-state index contributed by atoms with van der Waals surface area (Å²) in [5.74, 6) is 0. The molecule has 1 aromatic carbocycles. The van der Waals surface area contributed by atoms with Crippen LogP contribution < -0.4 is 10.9 Å². The second-order valence-electron chi connectivity index (χ2n) is 9.87. The van der Waals surface area contributed by atoms with Gasteiger partial charge in [-0.25, -0.2) is 0 Å². The topological polar surface area (TPSA) is 39.0 Å². The zero-order valence-electron chi connectivity index (χ0n) is 18.3. The molecule has 6 rings (SSSR count). The minimum atomic E-state index is 0.0537. The lowest BCUT2D eigenvalue weighted by Crippen LogP contribution is -2.27. The molecule has 2 aromatic heterocycles. The van der Waals surface area contributed by atoms with Gasteiger partial charge in [-0.2, -0.15) is 0 Å². The fourth-order valence-electron chi connectivity index (χ4n) is 5.20. The summed E-state index contributed by atoms with van der Waals surface area (Å²) in [6.45, 7) is 0. The van der Waals surface area contributed by atoms with E-state index in [-0.39, 0.29) is 5.56 Å². The lowest BCUT2D eigenvalue weighted by Gasteiger charge is -2.30. The average Bonchev–Trinajstić information content (AvgIpc) is 3.72. The molecule has 0 radical (unpaired) electrons. The van der Waals surface area contributed by atoms with Gasteiger partial charge < -0.3 is 9.88 Å². The molecule has 0 unspecified atom stereocenters. The Morgan fingerprint density at radius 1 is 1.06 bits per heavy atom. The van der Waals surface area contributed by atoms with Crippen molar-refractivity contribution in [1.82, 2.24) is 8.54 Å². The van der Waals surface area contributed by atoms with Crippen molar-refractivity contribution in [3.05, 3.63) is 47.0 Å². The van der Waals surface area contributed by atoms with Crippen LogP contribution in [0, 0.1) is 5.41 Å². The van der Waals surface area contributed by atoms with Gasteiger partial charge in [-0.3, -0.25) is 8.77 Å². The monoisotopic (exact) mass is 577 g/mol. The van der Waals surface area contributed by atoms with E-state index in [0.29, 0.717) is 11.5 Å². The van der Waals surface area contributed by atoms with Gasteiger partial charge in [-0.1, -0.05) is 0 Å². The molecule has 0 amide bonds. The van der Waals surface area contributed by atoms with Crippen LogP contribution in [0.1, 0.15) is 51.4 Å². The standard InChI is InChI=1S/C25H28IN3OS2/c1-28-15-21(19-8-13-29(32-26)23(19)24(28)30)20-14-18(31-17-2-3-17)4-5-22(20)27-16-6-9-25(10-7-16)11-12-25/h4-5,8,13-17,27H,2-3,6-7,9-12H2,1H3. The van der Waals surface area contributed by atoms with Gasteiger partial charge in [-0.05, 0) is 81.0 Å². The third-order valence-electron chi connectivity index (χ3n) is 7.53. The maximum atomic E-state index is 12.9. The van der Waals surface area contributed by atoms with E-state index in [1.54, 1.807) is 13.7 Å². The fourth-order valence-corrected chi connectivity index (χ4v) is 7.62. The Bertz CT molecular complexity index is 1230. The van der Waals surface area contributed by atoms with Crippen LogP contribution in [0.4, 0.5) is 5.69 Å². The van der Waals surface area contributed by atoms with E-state index in [1.807, 2.05) is 35.2 Å². The van der Waals surface area contributed by atoms with E-state index in [0.717, 1.165) is 21.7 Å². The number of benzene rings is 1. The Hall–Kier alpha value is -1.06. The van der Waals surface area contributed by atoms with E-state index >= 15 is 0 Å². The third kappa shape index (κ3) is 4.02. The number of thioether (sulfide) groups is 1. The first kappa shape index (κ1) is 21.5. The number of anilines is 1. The highest BCUT2D eigenvalue weighted by Crippen LogP contribution is 2.56. The number of aromatic nitrogens is 2. The first-order valence-corrected chi connectivity index (χ1v) is 15.8. The summed E-state index contributed by atoms with van der Waals surface area (Å²) in [5.41, 5.74) is 5.09. The molecule has 168 valence electrons. The first-order chi connectivity index (χ1) is 15.5. The molecule has 1 N–H and O–H groups in total. The van der Waals surface area contributed by atoms with Gasteiger partial charge in [0.25, 0.3) is 5.56 Å². The Morgan fingerprint density at radius 2 is 1.84 bits per heavy atom. The van der Waals surface area contributed by atoms with Crippen molar-refractivity contribution in [3.8, 4) is 11.1 Å². The number of aryl methyl sites for hydroxylation is 1. The predicted molar refractivity (Wildman–Crippen MR) is 146 cm³/mol. The fraction of sp³-hybridized carbons (Fsp3) is 0.480. The van der Waals surface area contributed by atoms with Crippen LogP contribution in [0.15, 0.2) is 46.3 Å². The molecule has 1 spiro atoms. The summed E-state index contributed by atoms with van der Waals surface area (Å²) in [7, 11) is 3.41. The van der Waals surface area contributed by atoms with Crippen LogP contribution in [0.25, 0.3) is 22.0 Å². The average molecular weight is 578 g/mol. The molecule has 4 nitrogen and oxygen atoms in total. The molecule has 0 atom stereocenters. The highest BCUT2D eigenvalue weighted by atomic mass is 127. The van der Waals surface area contributed by atoms with Crippen LogP contribution in [0.2, 0.25) is 0 Å². The number of nitrogens with zero attached hydrogens (tertiary/aromatic N) is 2. The number of rotatable bonds is 6. The van der Waals surface area contributed by atoms with E-state index in [9.17, 15) is 4.79 Å². The zero-order chi connectivity index (χ0) is 21.9. The molecule has 2 heterocycles. The SMILES string of the molecule is Cn1cc(-c2cc(SC3CC3)ccc2NC2CCC3(CC2)CC3)c2ccn(SI)c2c1=O. The third-order valence-corrected chi connectivity index (χ3v) is 10.6. The van der Waals surface area contributed by atoms with Crippen LogP contribution in [0.5, 0.6) is 0 Å². The number of hydrogen-bond acceptors (Lipinski definition) is 4. The normalized spacial score (nSPS) is 20.2. The van der Waals surface area contributed by atoms with Crippen molar-refractivity contribution in [2.75, 3.05) is 5.32 Å². The first-order valence-electron chi connectivity index (χ1n) is 11.6.